The van der Waals surface area contributed by atoms with Gasteiger partial charge in [-0.1, -0.05) is 18.2 Å². The maximum Gasteiger partial charge on any atom is 0.270 e. The van der Waals surface area contributed by atoms with E-state index in [0.29, 0.717) is 16.8 Å². The number of nitro groups is 1. The van der Waals surface area contributed by atoms with Gasteiger partial charge in [-0.05, 0) is 46.7 Å². The fraction of sp³-hybridized carbons (Fsp3) is 0.136. The van der Waals surface area contributed by atoms with Crippen LogP contribution in [0.1, 0.15) is 15.2 Å². The second kappa shape index (κ2) is 7.52. The number of amides is 1. The molecule has 7 heteroatoms. The van der Waals surface area contributed by atoms with Gasteiger partial charge < -0.3 is 9.64 Å². The Labute approximate surface area is 171 Å². The van der Waals surface area contributed by atoms with Crippen LogP contribution >= 0.6 is 11.3 Å². The molecule has 4 rings (SSSR count). The van der Waals surface area contributed by atoms with E-state index in [0.717, 1.165) is 26.8 Å². The number of nitrogens with zero attached hydrogens (tertiary/aromatic N) is 2. The number of rotatable bonds is 5. The molecule has 146 valence electrons. The first-order valence-corrected chi connectivity index (χ1v) is 9.76. The first-order chi connectivity index (χ1) is 13.9. The Bertz CT molecular complexity index is 1250. The molecule has 0 atom stereocenters. The van der Waals surface area contributed by atoms with Crippen molar-refractivity contribution in [1.82, 2.24) is 4.90 Å². The van der Waals surface area contributed by atoms with E-state index in [-0.39, 0.29) is 11.6 Å². The summed E-state index contributed by atoms with van der Waals surface area (Å²) in [6.07, 6.45) is 0. The number of non-ortho nitro benzene ring substituents is 1. The van der Waals surface area contributed by atoms with Crippen molar-refractivity contribution >= 4 is 43.8 Å². The van der Waals surface area contributed by atoms with Crippen LogP contribution in [0.4, 0.5) is 5.69 Å². The summed E-state index contributed by atoms with van der Waals surface area (Å²) in [5.74, 6) is 0.700. The Kier molecular flexibility index (Phi) is 4.90. The topological polar surface area (TPSA) is 72.7 Å². The summed E-state index contributed by atoms with van der Waals surface area (Å²) in [4.78, 5) is 25.6. The third-order valence-corrected chi connectivity index (χ3v) is 5.90. The fourth-order valence-corrected chi connectivity index (χ4v) is 4.32. The summed E-state index contributed by atoms with van der Waals surface area (Å²) in [6, 6.07) is 18.3. The monoisotopic (exact) mass is 406 g/mol. The molecule has 1 heterocycles. The van der Waals surface area contributed by atoms with Crippen LogP contribution in [-0.2, 0) is 6.54 Å². The van der Waals surface area contributed by atoms with Gasteiger partial charge in [0.15, 0.2) is 0 Å². The fourth-order valence-electron chi connectivity index (χ4n) is 3.28. The predicted octanol–water partition coefficient (Wildman–Crippen LogP) is 5.24. The SMILES string of the molecule is COc1ccc2cc(CN(C)C(=O)c3cc4cc([N+](=O)[O-])ccc4s3)ccc2c1. The number of hydrogen-bond donors (Lipinski definition) is 0. The number of carbonyl (C=O) groups excluding carboxylic acids is 1. The van der Waals surface area contributed by atoms with Gasteiger partial charge in [-0.3, -0.25) is 14.9 Å². The summed E-state index contributed by atoms with van der Waals surface area (Å²) in [6.45, 7) is 0.467. The lowest BCUT2D eigenvalue weighted by molar-refractivity contribution is -0.384. The Morgan fingerprint density at radius 2 is 1.79 bits per heavy atom. The molecule has 0 spiro atoms. The third-order valence-electron chi connectivity index (χ3n) is 4.80. The van der Waals surface area contributed by atoms with E-state index in [9.17, 15) is 14.9 Å². The van der Waals surface area contributed by atoms with Crippen LogP contribution in [0.25, 0.3) is 20.9 Å². The lowest BCUT2D eigenvalue weighted by Gasteiger charge is -2.16. The molecule has 29 heavy (non-hydrogen) atoms. The zero-order chi connectivity index (χ0) is 20.5. The molecule has 0 aliphatic carbocycles. The molecule has 0 saturated heterocycles. The van der Waals surface area contributed by atoms with Crippen molar-refractivity contribution in [2.24, 2.45) is 0 Å². The predicted molar refractivity (Wildman–Crippen MR) is 115 cm³/mol. The van der Waals surface area contributed by atoms with Gasteiger partial charge >= 0.3 is 0 Å². The molecular formula is C22H18N2O4S. The van der Waals surface area contributed by atoms with Crippen LogP contribution in [-0.4, -0.2) is 29.9 Å². The number of benzene rings is 3. The minimum atomic E-state index is -0.431. The van der Waals surface area contributed by atoms with Gasteiger partial charge in [0.05, 0.1) is 16.9 Å². The van der Waals surface area contributed by atoms with E-state index in [4.69, 9.17) is 4.74 Å². The van der Waals surface area contributed by atoms with Crippen LogP contribution in [0.3, 0.4) is 0 Å². The molecule has 0 aliphatic rings. The lowest BCUT2D eigenvalue weighted by Crippen LogP contribution is -2.25. The number of ether oxygens (including phenoxy) is 1. The maximum absolute atomic E-state index is 12.9. The minimum absolute atomic E-state index is 0.0236. The van der Waals surface area contributed by atoms with Gasteiger partial charge in [0.25, 0.3) is 11.6 Å². The summed E-state index contributed by atoms with van der Waals surface area (Å²) < 4.78 is 6.11. The summed E-state index contributed by atoms with van der Waals surface area (Å²) >= 11 is 1.34. The molecule has 0 aliphatic heterocycles. The van der Waals surface area contributed by atoms with Crippen LogP contribution in [0, 0.1) is 10.1 Å². The zero-order valence-corrected chi connectivity index (χ0v) is 16.7. The van der Waals surface area contributed by atoms with Crippen molar-refractivity contribution in [1.29, 1.82) is 0 Å². The largest absolute Gasteiger partial charge is 0.497 e. The Hall–Kier alpha value is -3.45. The smallest absolute Gasteiger partial charge is 0.270 e. The second-order valence-corrected chi connectivity index (χ2v) is 7.88. The average Bonchev–Trinajstić information content (AvgIpc) is 3.16. The van der Waals surface area contributed by atoms with E-state index >= 15 is 0 Å². The number of carbonyl (C=O) groups is 1. The molecule has 1 aromatic heterocycles. The van der Waals surface area contributed by atoms with E-state index in [2.05, 4.69) is 6.07 Å². The number of nitro benzene ring substituents is 1. The standard InChI is InChI=1S/C22H18N2O4S/c1-23(13-14-3-4-16-11-19(28-2)7-5-15(16)9-14)22(25)21-12-17-10-18(24(26)27)6-8-20(17)29-21/h3-12H,13H2,1-2H3. The number of fused-ring (bicyclic) bond motifs is 2. The van der Waals surface area contributed by atoms with Crippen molar-refractivity contribution < 1.29 is 14.5 Å². The molecule has 0 unspecified atom stereocenters. The molecule has 4 aromatic rings. The van der Waals surface area contributed by atoms with Crippen molar-refractivity contribution in [2.75, 3.05) is 14.2 Å². The van der Waals surface area contributed by atoms with Crippen LogP contribution in [0.15, 0.2) is 60.7 Å². The van der Waals surface area contributed by atoms with Crippen molar-refractivity contribution in [3.05, 3.63) is 81.2 Å². The van der Waals surface area contributed by atoms with Crippen molar-refractivity contribution in [3.8, 4) is 5.75 Å². The van der Waals surface area contributed by atoms with Crippen molar-refractivity contribution in [3.63, 3.8) is 0 Å². The average molecular weight is 406 g/mol. The summed E-state index contributed by atoms with van der Waals surface area (Å²) in [5, 5.41) is 13.8. The molecule has 0 N–H and O–H groups in total. The highest BCUT2D eigenvalue weighted by atomic mass is 32.1. The van der Waals surface area contributed by atoms with E-state index in [1.54, 1.807) is 31.2 Å². The lowest BCUT2D eigenvalue weighted by atomic mass is 10.1. The maximum atomic E-state index is 12.9. The first kappa shape index (κ1) is 18.9. The molecular weight excluding hydrogens is 388 g/mol. The number of methoxy groups -OCH3 is 1. The molecule has 0 radical (unpaired) electrons. The Morgan fingerprint density at radius 1 is 1.03 bits per heavy atom. The van der Waals surface area contributed by atoms with Crippen LogP contribution < -0.4 is 4.74 Å². The molecule has 1 amide bonds. The van der Waals surface area contributed by atoms with Gasteiger partial charge in [-0.15, -0.1) is 11.3 Å². The quantitative estimate of drug-likeness (QED) is 0.335. The third kappa shape index (κ3) is 3.77. The molecule has 0 saturated carbocycles. The zero-order valence-electron chi connectivity index (χ0n) is 15.9. The summed E-state index contributed by atoms with van der Waals surface area (Å²) in [7, 11) is 3.40. The van der Waals surface area contributed by atoms with Gasteiger partial charge in [-0.2, -0.15) is 0 Å². The van der Waals surface area contributed by atoms with E-state index < -0.39 is 4.92 Å². The van der Waals surface area contributed by atoms with Gasteiger partial charge in [-0.25, -0.2) is 0 Å². The Balaban J connectivity index is 1.55. The number of hydrogen-bond acceptors (Lipinski definition) is 5. The normalized spacial score (nSPS) is 11.0. The van der Waals surface area contributed by atoms with Crippen molar-refractivity contribution in [2.45, 2.75) is 6.54 Å². The molecule has 0 fully saturated rings. The second-order valence-electron chi connectivity index (χ2n) is 6.80. The van der Waals surface area contributed by atoms with Crippen LogP contribution in [0.5, 0.6) is 5.75 Å². The van der Waals surface area contributed by atoms with E-state index in [1.165, 1.54) is 23.5 Å². The summed E-state index contributed by atoms with van der Waals surface area (Å²) in [5.41, 5.74) is 1.05. The highest BCUT2D eigenvalue weighted by Gasteiger charge is 2.17. The molecule has 0 bridgehead atoms. The van der Waals surface area contributed by atoms with Gasteiger partial charge in [0.2, 0.25) is 0 Å². The first-order valence-electron chi connectivity index (χ1n) is 8.95. The Morgan fingerprint density at radius 3 is 2.55 bits per heavy atom. The van der Waals surface area contributed by atoms with E-state index in [1.807, 2.05) is 30.3 Å². The highest BCUT2D eigenvalue weighted by Crippen LogP contribution is 2.30. The molecule has 3 aromatic carbocycles. The molecule has 6 nitrogen and oxygen atoms in total. The minimum Gasteiger partial charge on any atom is -0.497 e. The number of thiophene rings is 1. The highest BCUT2D eigenvalue weighted by molar-refractivity contribution is 7.20. The van der Waals surface area contributed by atoms with Crippen LogP contribution in [0.2, 0.25) is 0 Å². The van der Waals surface area contributed by atoms with Gasteiger partial charge in [0.1, 0.15) is 5.75 Å². The van der Waals surface area contributed by atoms with Gasteiger partial charge in [0, 0.05) is 35.8 Å².